The van der Waals surface area contributed by atoms with Gasteiger partial charge in [-0.25, -0.2) is 0 Å². The number of carbonyl (C=O) groups is 3. The van der Waals surface area contributed by atoms with E-state index < -0.39 is 37.5 Å². The van der Waals surface area contributed by atoms with Crippen molar-refractivity contribution < 1.29 is 27.1 Å². The number of amides is 2. The molecule has 2 aliphatic carbocycles. The van der Waals surface area contributed by atoms with Gasteiger partial charge >= 0.3 is 0 Å². The molecule has 4 rings (SSSR count). The second kappa shape index (κ2) is 4.80. The molecule has 0 spiro atoms. The predicted octanol–water partition coefficient (Wildman–Crippen LogP) is 2.08. The van der Waals surface area contributed by atoms with Crippen LogP contribution >= 0.6 is 0 Å². The van der Waals surface area contributed by atoms with E-state index in [0.717, 1.165) is 0 Å². The Morgan fingerprint density at radius 3 is 1.92 bits per heavy atom. The lowest BCUT2D eigenvalue weighted by Gasteiger charge is -2.38. The highest BCUT2D eigenvalue weighted by Gasteiger charge is 2.75. The van der Waals surface area contributed by atoms with Gasteiger partial charge in [0.15, 0.2) is 0 Å². The van der Waals surface area contributed by atoms with E-state index in [-0.39, 0.29) is 29.8 Å². The summed E-state index contributed by atoms with van der Waals surface area (Å²) in [6, 6.07) is 6.06. The number of nitrogens with zero attached hydrogens (tertiary/aromatic N) is 1. The molecule has 1 heterocycles. The summed E-state index contributed by atoms with van der Waals surface area (Å²) in [6.07, 6.45) is 0.527. The zero-order chi connectivity index (χ0) is 19.1. The Morgan fingerprint density at radius 1 is 0.962 bits per heavy atom. The van der Waals surface area contributed by atoms with Crippen molar-refractivity contribution in [3.8, 4) is 0 Å². The molecule has 2 unspecified atom stereocenters. The molecule has 26 heavy (non-hydrogen) atoms. The number of benzene rings is 1. The van der Waals surface area contributed by atoms with E-state index in [9.17, 15) is 22.8 Å². The number of imide groups is 1. The van der Waals surface area contributed by atoms with Gasteiger partial charge in [-0.3, -0.25) is 14.4 Å². The van der Waals surface area contributed by atoms with Crippen LogP contribution in [0.4, 0.5) is 0 Å². The normalized spacial score (nSPS) is 32.4. The fourth-order valence-corrected chi connectivity index (χ4v) is 6.75. The fraction of sp³-hybridized carbons (Fsp3) is 0.500. The van der Waals surface area contributed by atoms with Crippen LogP contribution in [0.5, 0.6) is 0 Å². The first-order valence-corrected chi connectivity index (χ1v) is 9.85. The molecule has 2 saturated carbocycles. The van der Waals surface area contributed by atoms with E-state index >= 15 is 0 Å². The van der Waals surface area contributed by atoms with Crippen molar-refractivity contribution in [2.75, 3.05) is 0 Å². The summed E-state index contributed by atoms with van der Waals surface area (Å²) in [7, 11) is -4.41. The number of ketones is 1. The monoisotopic (exact) mass is 377 g/mol. The maximum Gasteiger partial charge on any atom is 0.295 e. The molecule has 2 amide bonds. The highest BCUT2D eigenvalue weighted by atomic mass is 32.2. The SMILES string of the molecule is CC12CCC(S(=O)(=O)ON3C(=O)c4ccccc4C3=O)(CC1=O)C2(C)C. The Hall–Kier alpha value is -2.06. The van der Waals surface area contributed by atoms with E-state index in [1.807, 2.05) is 0 Å². The van der Waals surface area contributed by atoms with Gasteiger partial charge in [0.25, 0.3) is 21.9 Å². The Balaban J connectivity index is 1.73. The second-order valence-corrected chi connectivity index (χ2v) is 9.87. The highest BCUT2D eigenvalue weighted by Crippen LogP contribution is 2.69. The van der Waals surface area contributed by atoms with Crippen LogP contribution in [0.15, 0.2) is 24.3 Å². The first-order chi connectivity index (χ1) is 12.0. The molecule has 2 bridgehead atoms. The van der Waals surface area contributed by atoms with Crippen LogP contribution in [-0.4, -0.2) is 35.8 Å². The molecule has 138 valence electrons. The van der Waals surface area contributed by atoms with Gasteiger partial charge in [-0.1, -0.05) is 32.9 Å². The summed E-state index contributed by atoms with van der Waals surface area (Å²) in [4.78, 5) is 37.4. The van der Waals surface area contributed by atoms with Crippen molar-refractivity contribution in [1.82, 2.24) is 5.06 Å². The third-order valence-corrected chi connectivity index (χ3v) is 9.18. The Labute approximate surface area is 151 Å². The number of carbonyl (C=O) groups excluding carboxylic acids is 3. The zero-order valence-corrected chi connectivity index (χ0v) is 15.6. The largest absolute Gasteiger partial charge is 0.299 e. The van der Waals surface area contributed by atoms with Crippen molar-refractivity contribution in [2.24, 2.45) is 10.8 Å². The van der Waals surface area contributed by atoms with Gasteiger partial charge in [0.05, 0.1) is 11.1 Å². The maximum atomic E-state index is 13.2. The predicted molar refractivity (Wildman–Crippen MR) is 90.4 cm³/mol. The van der Waals surface area contributed by atoms with Crippen molar-refractivity contribution in [3.05, 3.63) is 35.4 Å². The van der Waals surface area contributed by atoms with Crippen LogP contribution < -0.4 is 0 Å². The number of hydroxylamine groups is 2. The fourth-order valence-electron chi connectivity index (χ4n) is 4.76. The van der Waals surface area contributed by atoms with Gasteiger partial charge in [-0.05, 0) is 30.4 Å². The lowest BCUT2D eigenvalue weighted by atomic mass is 9.70. The summed E-state index contributed by atoms with van der Waals surface area (Å²) in [5, 5.41) is 0.309. The molecule has 2 fully saturated rings. The topological polar surface area (TPSA) is 97.8 Å². The summed E-state index contributed by atoms with van der Waals surface area (Å²) in [5.74, 6) is -1.75. The highest BCUT2D eigenvalue weighted by molar-refractivity contribution is 7.88. The molecule has 3 aliphatic rings. The molecule has 1 aliphatic heterocycles. The molecule has 2 atom stereocenters. The first-order valence-electron chi connectivity index (χ1n) is 8.44. The average molecular weight is 377 g/mol. The van der Waals surface area contributed by atoms with E-state index in [1.165, 1.54) is 12.1 Å². The Kier molecular flexibility index (Phi) is 3.21. The standard InChI is InChI=1S/C18H19NO6S/c1-16(2)17(3)8-9-18(16,10-13(17)20)26(23,24)25-19-14(21)11-6-4-5-7-12(11)15(19)22/h4-7H,8-10H2,1-3H3. The number of hydrogen-bond acceptors (Lipinski definition) is 6. The summed E-state index contributed by atoms with van der Waals surface area (Å²) >= 11 is 0. The van der Waals surface area contributed by atoms with Gasteiger partial charge in [0, 0.05) is 11.8 Å². The molecule has 0 saturated heterocycles. The number of Topliss-reactive ketones (excluding diaryl/α,β-unsaturated/α-hetero) is 1. The summed E-state index contributed by atoms with van der Waals surface area (Å²) < 4.78 is 30.0. The Bertz CT molecular complexity index is 946. The second-order valence-electron chi connectivity index (χ2n) is 8.03. The van der Waals surface area contributed by atoms with Crippen LogP contribution in [0.3, 0.4) is 0 Å². The minimum absolute atomic E-state index is 0.100. The average Bonchev–Trinajstić information content (AvgIpc) is 3.00. The van der Waals surface area contributed by atoms with Gasteiger partial charge in [0.2, 0.25) is 0 Å². The lowest BCUT2D eigenvalue weighted by molar-refractivity contribution is -0.128. The molecule has 8 heteroatoms. The smallest absolute Gasteiger partial charge is 0.295 e. The Morgan fingerprint density at radius 2 is 1.50 bits per heavy atom. The van der Waals surface area contributed by atoms with Crippen LogP contribution in [0, 0.1) is 10.8 Å². The van der Waals surface area contributed by atoms with Crippen molar-refractivity contribution in [2.45, 2.75) is 44.8 Å². The van der Waals surface area contributed by atoms with Crippen molar-refractivity contribution in [3.63, 3.8) is 0 Å². The molecule has 0 aromatic heterocycles. The number of rotatable bonds is 3. The van der Waals surface area contributed by atoms with Gasteiger partial charge in [0.1, 0.15) is 10.5 Å². The van der Waals surface area contributed by atoms with Crippen LogP contribution in [0.1, 0.15) is 60.7 Å². The van der Waals surface area contributed by atoms with Crippen molar-refractivity contribution in [1.29, 1.82) is 0 Å². The van der Waals surface area contributed by atoms with Crippen LogP contribution in [-0.2, 0) is 19.2 Å². The molecule has 0 N–H and O–H groups in total. The molecule has 0 radical (unpaired) electrons. The van der Waals surface area contributed by atoms with E-state index in [2.05, 4.69) is 0 Å². The number of hydrogen-bond donors (Lipinski definition) is 0. The van der Waals surface area contributed by atoms with Gasteiger partial charge < -0.3 is 0 Å². The van der Waals surface area contributed by atoms with Crippen LogP contribution in [0.25, 0.3) is 0 Å². The molecule has 7 nitrogen and oxygen atoms in total. The van der Waals surface area contributed by atoms with Crippen molar-refractivity contribution >= 4 is 27.7 Å². The summed E-state index contributed by atoms with van der Waals surface area (Å²) in [5.41, 5.74) is -1.42. The van der Waals surface area contributed by atoms with Gasteiger partial charge in [-0.2, -0.15) is 8.42 Å². The lowest BCUT2D eigenvalue weighted by Crippen LogP contribution is -2.50. The minimum atomic E-state index is -4.41. The van der Waals surface area contributed by atoms with Gasteiger partial charge in [-0.15, -0.1) is 9.35 Å². The molecular formula is C18H19NO6S. The zero-order valence-electron chi connectivity index (χ0n) is 14.7. The molecule has 1 aromatic carbocycles. The third-order valence-electron chi connectivity index (χ3n) is 7.02. The summed E-state index contributed by atoms with van der Waals surface area (Å²) in [6.45, 7) is 5.27. The van der Waals surface area contributed by atoms with E-state index in [0.29, 0.717) is 11.5 Å². The van der Waals surface area contributed by atoms with E-state index in [4.69, 9.17) is 4.28 Å². The minimum Gasteiger partial charge on any atom is -0.299 e. The maximum absolute atomic E-state index is 13.2. The molecular weight excluding hydrogens is 358 g/mol. The van der Waals surface area contributed by atoms with E-state index in [1.54, 1.807) is 32.9 Å². The quantitative estimate of drug-likeness (QED) is 0.748. The molecule has 1 aromatic rings. The third kappa shape index (κ3) is 1.71. The first kappa shape index (κ1) is 17.4. The number of fused-ring (bicyclic) bond motifs is 3. The van der Waals surface area contributed by atoms with Crippen LogP contribution in [0.2, 0.25) is 0 Å².